The lowest BCUT2D eigenvalue weighted by molar-refractivity contribution is -0.462. The van der Waals surface area contributed by atoms with Gasteiger partial charge in [-0.2, -0.15) is 10.0 Å². The predicted molar refractivity (Wildman–Crippen MR) is 138 cm³/mol. The van der Waals surface area contributed by atoms with Crippen molar-refractivity contribution in [1.82, 2.24) is 0 Å². The standard InChI is InChI=1S/C26H29BrN2S/c1-16-13-23(27)17(2)12-22(16)26-20-10-8-18(28-3)14-24(20)30(6,7)25-15-19(29(4)5)9-11-21(25)26/h8-15H,1-7H3/p+1. The van der Waals surface area contributed by atoms with E-state index in [-0.39, 0.29) is 0 Å². The van der Waals surface area contributed by atoms with Crippen LogP contribution in [0.2, 0.25) is 0 Å². The molecule has 0 spiro atoms. The molecule has 0 saturated carbocycles. The third-order valence-electron chi connectivity index (χ3n) is 6.17. The van der Waals surface area contributed by atoms with Crippen molar-refractivity contribution in [1.29, 1.82) is 0 Å². The fraction of sp³-hybridized carbons (Fsp3) is 0.269. The molecule has 0 unspecified atom stereocenters. The Morgan fingerprint density at radius 2 is 1.67 bits per heavy atom. The third kappa shape index (κ3) is 3.30. The van der Waals surface area contributed by atoms with E-state index in [0.29, 0.717) is 0 Å². The van der Waals surface area contributed by atoms with E-state index >= 15 is 0 Å². The van der Waals surface area contributed by atoms with E-state index in [4.69, 9.17) is 0 Å². The Kier molecular flexibility index (Phi) is 5.36. The summed E-state index contributed by atoms with van der Waals surface area (Å²) in [6.45, 7) is 4.39. The normalized spacial score (nSPS) is 17.9. The summed E-state index contributed by atoms with van der Waals surface area (Å²) in [5.41, 5.74) is 10.4. The molecule has 0 aromatic heterocycles. The monoisotopic (exact) mass is 481 g/mol. The average molecular weight is 483 g/mol. The maximum absolute atomic E-state index is 3.71. The number of fused-ring (bicyclic) bond motifs is 2. The van der Waals surface area contributed by atoms with Gasteiger partial charge in [0, 0.05) is 39.2 Å². The highest BCUT2D eigenvalue weighted by Crippen LogP contribution is 2.66. The molecule has 2 aliphatic rings. The van der Waals surface area contributed by atoms with E-state index in [2.05, 4.69) is 115 Å². The molecule has 0 saturated heterocycles. The van der Waals surface area contributed by atoms with Crippen LogP contribution in [0.1, 0.15) is 22.3 Å². The Morgan fingerprint density at radius 3 is 2.33 bits per heavy atom. The summed E-state index contributed by atoms with van der Waals surface area (Å²) in [6.07, 6.45) is 11.9. The van der Waals surface area contributed by atoms with Gasteiger partial charge in [-0.25, -0.2) is 4.58 Å². The van der Waals surface area contributed by atoms with E-state index in [1.807, 2.05) is 7.05 Å². The highest BCUT2D eigenvalue weighted by atomic mass is 79.9. The van der Waals surface area contributed by atoms with Gasteiger partial charge in [-0.15, -0.1) is 0 Å². The van der Waals surface area contributed by atoms with Crippen molar-refractivity contribution in [2.24, 2.45) is 0 Å². The zero-order valence-electron chi connectivity index (χ0n) is 18.9. The fourth-order valence-electron chi connectivity index (χ4n) is 4.33. The second kappa shape index (κ2) is 7.58. The van der Waals surface area contributed by atoms with Crippen LogP contribution < -0.4 is 5.32 Å². The smallest absolute Gasteiger partial charge is 0.200 e. The van der Waals surface area contributed by atoms with Crippen molar-refractivity contribution < 1.29 is 4.58 Å². The van der Waals surface area contributed by atoms with Gasteiger partial charge in [0.05, 0.1) is 0 Å². The largest absolute Gasteiger partial charge is 0.388 e. The Hall–Kier alpha value is -2.04. The van der Waals surface area contributed by atoms with Crippen LogP contribution >= 0.6 is 26.0 Å². The molecule has 2 nitrogen and oxygen atoms in total. The maximum atomic E-state index is 3.71. The number of halogens is 1. The molecule has 1 heterocycles. The molecule has 1 aliphatic heterocycles. The number of hydrogen-bond donors (Lipinski definition) is 1. The molecule has 1 N–H and O–H groups in total. The molecule has 2 aromatic carbocycles. The molecule has 0 fully saturated rings. The van der Waals surface area contributed by atoms with Crippen molar-refractivity contribution in [2.45, 2.75) is 18.7 Å². The summed E-state index contributed by atoms with van der Waals surface area (Å²) in [6, 6.07) is 11.5. The van der Waals surface area contributed by atoms with Crippen LogP contribution in [0, 0.1) is 13.8 Å². The first kappa shape index (κ1) is 21.2. The lowest BCUT2D eigenvalue weighted by atomic mass is 9.87. The van der Waals surface area contributed by atoms with Crippen molar-refractivity contribution in [2.75, 3.05) is 39.0 Å². The van der Waals surface area contributed by atoms with Crippen molar-refractivity contribution in [3.05, 3.63) is 85.8 Å². The molecule has 4 heteroatoms. The van der Waals surface area contributed by atoms with E-state index in [0.717, 1.165) is 0 Å². The number of rotatable bonds is 2. The summed E-state index contributed by atoms with van der Waals surface area (Å²) < 4.78 is 3.37. The maximum Gasteiger partial charge on any atom is 0.200 e. The number of nitrogens with zero attached hydrogens (tertiary/aromatic N) is 1. The van der Waals surface area contributed by atoms with Crippen molar-refractivity contribution in [3.8, 4) is 0 Å². The minimum Gasteiger partial charge on any atom is -0.388 e. The minimum atomic E-state index is -1.16. The topological polar surface area (TPSA) is 15.0 Å². The molecule has 0 amide bonds. The van der Waals surface area contributed by atoms with E-state index < -0.39 is 10.0 Å². The van der Waals surface area contributed by atoms with Crippen LogP contribution in [-0.4, -0.2) is 43.9 Å². The molecule has 156 valence electrons. The number of benzene rings is 2. The molecule has 0 radical (unpaired) electrons. The van der Waals surface area contributed by atoms with Gasteiger partial charge >= 0.3 is 0 Å². The summed E-state index contributed by atoms with van der Waals surface area (Å²) in [4.78, 5) is 2.91. The molecule has 4 rings (SSSR count). The predicted octanol–water partition coefficient (Wildman–Crippen LogP) is 6.51. The number of nitrogens with one attached hydrogen (secondary N) is 1. The SMILES string of the molecule is CNc1ccc2c(c1)S(C)(C)C1=CC(=[N+](C)C)C=CC1=C2c1cc(C)c(Br)cc1C. The van der Waals surface area contributed by atoms with Gasteiger partial charge in [-0.05, 0) is 84.0 Å². The second-order valence-corrected chi connectivity index (χ2v) is 13.0. The quantitative estimate of drug-likeness (QED) is 0.482. The molecule has 1 aliphatic carbocycles. The summed E-state index contributed by atoms with van der Waals surface area (Å²) in [7, 11) is 5.07. The number of hydrogen-bond acceptors (Lipinski definition) is 1. The van der Waals surface area contributed by atoms with Gasteiger partial charge in [0.15, 0.2) is 0 Å². The Bertz CT molecular complexity index is 1190. The lowest BCUT2D eigenvalue weighted by Gasteiger charge is -2.43. The molecule has 0 atom stereocenters. The zero-order chi connectivity index (χ0) is 21.8. The van der Waals surface area contributed by atoms with Gasteiger partial charge in [-0.1, -0.05) is 28.1 Å². The highest BCUT2D eigenvalue weighted by Gasteiger charge is 2.36. The van der Waals surface area contributed by atoms with Gasteiger partial charge in [0.2, 0.25) is 5.71 Å². The number of allylic oxidation sites excluding steroid dienone is 4. The van der Waals surface area contributed by atoms with Crippen LogP contribution in [-0.2, 0) is 0 Å². The van der Waals surface area contributed by atoms with E-state index in [1.165, 1.54) is 59.1 Å². The molecule has 0 bridgehead atoms. The summed E-state index contributed by atoms with van der Waals surface area (Å²) >= 11 is 3.71. The fourth-order valence-corrected chi connectivity index (χ4v) is 7.30. The first-order valence-electron chi connectivity index (χ1n) is 10.2. The zero-order valence-corrected chi connectivity index (χ0v) is 21.3. The molecular formula is C26H30BrN2S+. The van der Waals surface area contributed by atoms with Crippen LogP contribution in [0.4, 0.5) is 5.69 Å². The van der Waals surface area contributed by atoms with Crippen LogP contribution in [0.5, 0.6) is 0 Å². The Balaban J connectivity index is 2.13. The second-order valence-electron chi connectivity index (χ2n) is 8.65. The first-order valence-corrected chi connectivity index (χ1v) is 13.4. The Morgan fingerprint density at radius 1 is 0.933 bits per heavy atom. The van der Waals surface area contributed by atoms with E-state index in [9.17, 15) is 0 Å². The first-order chi connectivity index (χ1) is 14.1. The van der Waals surface area contributed by atoms with Gasteiger partial charge < -0.3 is 5.32 Å². The molecular weight excluding hydrogens is 452 g/mol. The summed E-state index contributed by atoms with van der Waals surface area (Å²) in [5, 5.41) is 3.34. The third-order valence-corrected chi connectivity index (χ3v) is 9.89. The van der Waals surface area contributed by atoms with Gasteiger partial charge in [0.25, 0.3) is 0 Å². The highest BCUT2D eigenvalue weighted by molar-refractivity contribution is 9.10. The number of aryl methyl sites for hydroxylation is 2. The van der Waals surface area contributed by atoms with Crippen molar-refractivity contribution in [3.63, 3.8) is 0 Å². The van der Waals surface area contributed by atoms with E-state index in [1.54, 1.807) is 0 Å². The van der Waals surface area contributed by atoms with Crippen LogP contribution in [0.3, 0.4) is 0 Å². The average Bonchev–Trinajstić information content (AvgIpc) is 2.71. The van der Waals surface area contributed by atoms with Crippen LogP contribution in [0.15, 0.2) is 68.4 Å². The minimum absolute atomic E-state index is 1.16. The van der Waals surface area contributed by atoms with Crippen molar-refractivity contribution >= 4 is 42.9 Å². The summed E-state index contributed by atoms with van der Waals surface area (Å²) in [5.74, 6) is 0. The van der Waals surface area contributed by atoms with Gasteiger partial charge in [-0.3, -0.25) is 0 Å². The number of anilines is 1. The van der Waals surface area contributed by atoms with Crippen LogP contribution in [0.25, 0.3) is 5.57 Å². The Labute approximate surface area is 190 Å². The molecule has 2 aromatic rings. The molecule has 30 heavy (non-hydrogen) atoms. The lowest BCUT2D eigenvalue weighted by Crippen LogP contribution is -2.19. The van der Waals surface area contributed by atoms with Gasteiger partial charge in [0.1, 0.15) is 14.1 Å².